The lowest BCUT2D eigenvalue weighted by atomic mass is 10.2. The van der Waals surface area contributed by atoms with Gasteiger partial charge in [0.25, 0.3) is 0 Å². The van der Waals surface area contributed by atoms with Crippen molar-refractivity contribution in [2.24, 2.45) is 0 Å². The molecule has 0 saturated carbocycles. The molecule has 0 aromatic carbocycles. The van der Waals surface area contributed by atoms with Crippen molar-refractivity contribution in [3.8, 4) is 6.07 Å². The van der Waals surface area contributed by atoms with Crippen LogP contribution < -0.4 is 5.32 Å². The van der Waals surface area contributed by atoms with Gasteiger partial charge in [0.1, 0.15) is 6.04 Å². The zero-order valence-corrected chi connectivity index (χ0v) is 10.6. The van der Waals surface area contributed by atoms with Crippen molar-refractivity contribution >= 4 is 0 Å². The summed E-state index contributed by atoms with van der Waals surface area (Å²) in [5.74, 6) is 0. The lowest BCUT2D eigenvalue weighted by molar-refractivity contribution is 0.262. The first-order valence-electron chi connectivity index (χ1n) is 6.02. The van der Waals surface area contributed by atoms with E-state index in [0.717, 1.165) is 19.6 Å². The summed E-state index contributed by atoms with van der Waals surface area (Å²) in [5, 5.41) is 12.3. The van der Waals surface area contributed by atoms with E-state index in [1.165, 1.54) is 12.8 Å². The van der Waals surface area contributed by atoms with Crippen LogP contribution in [-0.2, 0) is 0 Å². The molecule has 0 saturated heterocycles. The number of hydrogen-bond donors (Lipinski definition) is 1. The van der Waals surface area contributed by atoms with Gasteiger partial charge < -0.3 is 4.90 Å². The largest absolute Gasteiger partial charge is 0.301 e. The molecule has 0 rings (SSSR count). The van der Waals surface area contributed by atoms with Crippen molar-refractivity contribution in [2.45, 2.75) is 52.6 Å². The second-order valence-electron chi connectivity index (χ2n) is 4.25. The Kier molecular flexibility index (Phi) is 8.35. The van der Waals surface area contributed by atoms with Crippen LogP contribution >= 0.6 is 0 Å². The Hall–Kier alpha value is -0.590. The van der Waals surface area contributed by atoms with E-state index in [1.807, 2.05) is 0 Å². The minimum Gasteiger partial charge on any atom is -0.301 e. The first-order valence-corrected chi connectivity index (χ1v) is 6.02. The Morgan fingerprint density at radius 1 is 1.33 bits per heavy atom. The molecule has 3 heteroatoms. The molecule has 1 unspecified atom stereocenters. The third-order valence-corrected chi connectivity index (χ3v) is 2.41. The SMILES string of the molecule is CCCCN(CC)CC(C#N)NC(C)C. The normalized spacial score (nSPS) is 13.1. The van der Waals surface area contributed by atoms with Gasteiger partial charge in [0.2, 0.25) is 0 Å². The summed E-state index contributed by atoms with van der Waals surface area (Å²) >= 11 is 0. The lowest BCUT2D eigenvalue weighted by Gasteiger charge is -2.24. The highest BCUT2D eigenvalue weighted by Gasteiger charge is 2.12. The number of hydrogen-bond acceptors (Lipinski definition) is 3. The quantitative estimate of drug-likeness (QED) is 0.667. The van der Waals surface area contributed by atoms with Gasteiger partial charge in [0, 0.05) is 12.6 Å². The van der Waals surface area contributed by atoms with Gasteiger partial charge in [-0.25, -0.2) is 0 Å². The van der Waals surface area contributed by atoms with Gasteiger partial charge in [-0.3, -0.25) is 5.32 Å². The molecule has 0 radical (unpaired) electrons. The maximum absolute atomic E-state index is 9.01. The number of nitrogens with one attached hydrogen (secondary N) is 1. The standard InChI is InChI=1S/C12H25N3/c1-5-7-8-15(6-2)10-12(9-13)14-11(3)4/h11-12,14H,5-8,10H2,1-4H3. The van der Waals surface area contributed by atoms with Crippen LogP contribution in [0.4, 0.5) is 0 Å². The van der Waals surface area contributed by atoms with Gasteiger partial charge in [-0.05, 0) is 33.4 Å². The van der Waals surface area contributed by atoms with E-state index < -0.39 is 0 Å². The summed E-state index contributed by atoms with van der Waals surface area (Å²) in [4.78, 5) is 2.34. The van der Waals surface area contributed by atoms with E-state index in [2.05, 4.69) is 44.0 Å². The summed E-state index contributed by atoms with van der Waals surface area (Å²) in [6, 6.07) is 2.66. The first-order chi connectivity index (χ1) is 7.13. The predicted molar refractivity (Wildman–Crippen MR) is 64.7 cm³/mol. The van der Waals surface area contributed by atoms with Crippen LogP contribution in [0.2, 0.25) is 0 Å². The number of likely N-dealkylation sites (N-methyl/N-ethyl adjacent to an activating group) is 1. The Bertz CT molecular complexity index is 184. The van der Waals surface area contributed by atoms with Gasteiger partial charge in [0.05, 0.1) is 6.07 Å². The molecule has 15 heavy (non-hydrogen) atoms. The maximum Gasteiger partial charge on any atom is 0.108 e. The van der Waals surface area contributed by atoms with Gasteiger partial charge in [-0.1, -0.05) is 20.3 Å². The predicted octanol–water partition coefficient (Wildman–Crippen LogP) is 2.00. The van der Waals surface area contributed by atoms with Crippen molar-refractivity contribution < 1.29 is 0 Å². The summed E-state index contributed by atoms with van der Waals surface area (Å²) in [6.45, 7) is 11.5. The second-order valence-corrected chi connectivity index (χ2v) is 4.25. The van der Waals surface area contributed by atoms with Gasteiger partial charge in [-0.2, -0.15) is 5.26 Å². The van der Waals surface area contributed by atoms with Crippen LogP contribution in [0.25, 0.3) is 0 Å². The minimum absolute atomic E-state index is 0.0400. The molecule has 88 valence electrons. The topological polar surface area (TPSA) is 39.1 Å². The number of unbranched alkanes of at least 4 members (excludes halogenated alkanes) is 1. The molecular weight excluding hydrogens is 186 g/mol. The van der Waals surface area contributed by atoms with Gasteiger partial charge >= 0.3 is 0 Å². The van der Waals surface area contributed by atoms with E-state index in [9.17, 15) is 0 Å². The van der Waals surface area contributed by atoms with E-state index in [0.29, 0.717) is 6.04 Å². The Morgan fingerprint density at radius 2 is 2.00 bits per heavy atom. The van der Waals surface area contributed by atoms with Gasteiger partial charge in [0.15, 0.2) is 0 Å². The highest BCUT2D eigenvalue weighted by Crippen LogP contribution is 1.97. The fourth-order valence-electron chi connectivity index (χ4n) is 1.55. The van der Waals surface area contributed by atoms with Crippen LogP contribution in [0, 0.1) is 11.3 Å². The average molecular weight is 211 g/mol. The van der Waals surface area contributed by atoms with Crippen molar-refractivity contribution in [1.29, 1.82) is 5.26 Å². The first kappa shape index (κ1) is 14.4. The molecule has 0 bridgehead atoms. The molecule has 0 aromatic heterocycles. The third kappa shape index (κ3) is 7.35. The summed E-state index contributed by atoms with van der Waals surface area (Å²) < 4.78 is 0. The third-order valence-electron chi connectivity index (χ3n) is 2.41. The monoisotopic (exact) mass is 211 g/mol. The van der Waals surface area contributed by atoms with E-state index in [4.69, 9.17) is 5.26 Å². The highest BCUT2D eigenvalue weighted by molar-refractivity contribution is 4.92. The average Bonchev–Trinajstić information content (AvgIpc) is 2.21. The molecule has 0 fully saturated rings. The molecule has 0 heterocycles. The summed E-state index contributed by atoms with van der Waals surface area (Å²) in [6.07, 6.45) is 2.43. The fourth-order valence-corrected chi connectivity index (χ4v) is 1.55. The number of rotatable bonds is 8. The minimum atomic E-state index is -0.0400. The lowest BCUT2D eigenvalue weighted by Crippen LogP contribution is -2.43. The summed E-state index contributed by atoms with van der Waals surface area (Å²) in [7, 11) is 0. The zero-order valence-electron chi connectivity index (χ0n) is 10.6. The Labute approximate surface area is 94.5 Å². The van der Waals surface area contributed by atoms with E-state index in [-0.39, 0.29) is 6.04 Å². The van der Waals surface area contributed by atoms with Crippen molar-refractivity contribution in [1.82, 2.24) is 10.2 Å². The zero-order chi connectivity index (χ0) is 11.7. The van der Waals surface area contributed by atoms with Crippen molar-refractivity contribution in [2.75, 3.05) is 19.6 Å². The molecule has 0 spiro atoms. The fraction of sp³-hybridized carbons (Fsp3) is 0.917. The molecule has 0 aliphatic heterocycles. The Balaban J connectivity index is 3.95. The van der Waals surface area contributed by atoms with E-state index in [1.54, 1.807) is 0 Å². The van der Waals surface area contributed by atoms with Gasteiger partial charge in [-0.15, -0.1) is 0 Å². The molecule has 3 nitrogen and oxygen atoms in total. The van der Waals surface area contributed by atoms with Crippen LogP contribution in [0.5, 0.6) is 0 Å². The molecule has 0 aliphatic carbocycles. The van der Waals surface area contributed by atoms with Crippen LogP contribution in [0.3, 0.4) is 0 Å². The number of nitriles is 1. The molecular formula is C12H25N3. The molecule has 0 aromatic rings. The molecule has 1 atom stereocenters. The smallest absolute Gasteiger partial charge is 0.108 e. The van der Waals surface area contributed by atoms with Crippen LogP contribution in [0.1, 0.15) is 40.5 Å². The second kappa shape index (κ2) is 8.70. The van der Waals surface area contributed by atoms with Crippen molar-refractivity contribution in [3.63, 3.8) is 0 Å². The molecule has 0 aliphatic rings. The van der Waals surface area contributed by atoms with Crippen LogP contribution in [-0.4, -0.2) is 36.6 Å². The maximum atomic E-state index is 9.01. The highest BCUT2D eigenvalue weighted by atomic mass is 15.1. The Morgan fingerprint density at radius 3 is 2.40 bits per heavy atom. The van der Waals surface area contributed by atoms with Crippen LogP contribution in [0.15, 0.2) is 0 Å². The van der Waals surface area contributed by atoms with Crippen molar-refractivity contribution in [3.05, 3.63) is 0 Å². The molecule has 0 amide bonds. The molecule has 1 N–H and O–H groups in total. The number of nitrogens with zero attached hydrogens (tertiary/aromatic N) is 2. The van der Waals surface area contributed by atoms with E-state index >= 15 is 0 Å². The summed E-state index contributed by atoms with van der Waals surface area (Å²) in [5.41, 5.74) is 0.